The van der Waals surface area contributed by atoms with Crippen molar-refractivity contribution in [1.29, 1.82) is 0 Å². The molecule has 8 nitrogen and oxygen atoms in total. The van der Waals surface area contributed by atoms with Crippen LogP contribution in [0.25, 0.3) is 0 Å². The van der Waals surface area contributed by atoms with Crippen molar-refractivity contribution in [2.24, 2.45) is 9.98 Å². The second kappa shape index (κ2) is 25.4. The fourth-order valence-corrected chi connectivity index (χ4v) is 4.43. The van der Waals surface area contributed by atoms with Crippen LogP contribution in [0.5, 0.6) is 0 Å². The van der Waals surface area contributed by atoms with E-state index in [1.54, 1.807) is 50.2 Å². The Balaban J connectivity index is -0.000000617. The smallest absolute Gasteiger partial charge is 0.521 e. The first-order valence-electron chi connectivity index (χ1n) is 15.4. The molecule has 6 rings (SSSR count). The zero-order chi connectivity index (χ0) is 35.5. The van der Waals surface area contributed by atoms with Crippen LogP contribution in [0.4, 0.5) is 0 Å². The zero-order valence-corrected chi connectivity index (χ0v) is 42.4. The fraction of sp³-hybridized carbons (Fsp3) is 0.300. The zero-order valence-electron chi connectivity index (χ0n) is 32.1. The summed E-state index contributed by atoms with van der Waals surface area (Å²) in [6.07, 6.45) is 0. The summed E-state index contributed by atoms with van der Waals surface area (Å²) in [4.78, 5) is 29.8. The van der Waals surface area contributed by atoms with E-state index in [0.29, 0.717) is 13.2 Å². The summed E-state index contributed by atoms with van der Waals surface area (Å²) >= 11 is 0. The first kappa shape index (κ1) is 53.3. The van der Waals surface area contributed by atoms with Crippen LogP contribution in [0.2, 0.25) is 0 Å². The van der Waals surface area contributed by atoms with Gasteiger partial charge in [-0.05, 0) is 27.7 Å². The Morgan fingerprint density at radius 3 is 1.08 bits per heavy atom. The molecule has 0 amide bonds. The molecule has 4 radical (unpaired) electrons. The average Bonchev–Trinajstić information content (AvgIpc) is 3.59. The summed E-state index contributed by atoms with van der Waals surface area (Å²) in [6, 6.07) is 33.6. The van der Waals surface area contributed by atoms with Crippen LogP contribution in [0.3, 0.4) is 0 Å². The van der Waals surface area contributed by atoms with Gasteiger partial charge in [-0.1, -0.05) is 49.9 Å². The second-order valence-corrected chi connectivity index (χ2v) is 12.6. The first-order valence-corrected chi connectivity index (χ1v) is 15.4. The van der Waals surface area contributed by atoms with Gasteiger partial charge in [-0.15, -0.1) is 119 Å². The third-order valence-electron chi connectivity index (χ3n) is 7.05. The summed E-state index contributed by atoms with van der Waals surface area (Å²) in [7, 11) is 0. The Morgan fingerprint density at radius 1 is 0.577 bits per heavy atom. The van der Waals surface area contributed by atoms with Gasteiger partial charge in [-0.2, -0.15) is 0 Å². The molecule has 4 aromatic rings. The maximum Gasteiger partial charge on any atom is 1.00 e. The third kappa shape index (κ3) is 17.3. The maximum absolute atomic E-state index is 10.4. The third-order valence-corrected chi connectivity index (χ3v) is 7.05. The number of hydrogen-bond acceptors (Lipinski definition) is 6. The summed E-state index contributed by atoms with van der Waals surface area (Å²) in [5.41, 5.74) is 6.09. The number of nitrogens with zero attached hydrogens (tertiary/aromatic N) is 2. The quantitative estimate of drug-likeness (QED) is 0.202. The van der Waals surface area contributed by atoms with Crippen LogP contribution in [-0.2, 0) is 140 Å². The summed E-state index contributed by atoms with van der Waals surface area (Å²) in [6.45, 7) is 17.2. The van der Waals surface area contributed by atoms with Crippen molar-refractivity contribution in [1.82, 2.24) is 0 Å². The molecule has 2 N–H and O–H groups in total. The molecule has 0 saturated heterocycles. The van der Waals surface area contributed by atoms with E-state index in [-0.39, 0.29) is 154 Å². The van der Waals surface area contributed by atoms with Crippen LogP contribution < -0.4 is 0 Å². The molecule has 0 spiro atoms. The van der Waals surface area contributed by atoms with Gasteiger partial charge < -0.3 is 29.3 Å². The van der Waals surface area contributed by atoms with Gasteiger partial charge in [-0.25, -0.2) is 0 Å². The number of aryl methyl sites for hydroxylation is 4. The molecule has 52 heavy (non-hydrogen) atoms. The van der Waals surface area contributed by atoms with E-state index in [1.165, 1.54) is 0 Å². The van der Waals surface area contributed by atoms with Crippen LogP contribution >= 0.6 is 0 Å². The van der Waals surface area contributed by atoms with Crippen molar-refractivity contribution in [2.45, 2.75) is 66.5 Å². The van der Waals surface area contributed by atoms with Crippen molar-refractivity contribution < 1.29 is 162 Å². The molecule has 12 heteroatoms. The molecule has 0 aliphatic carbocycles. The van der Waals surface area contributed by atoms with E-state index in [0.717, 1.165) is 45.2 Å². The molecule has 264 valence electrons. The number of carboxylic acid groups (broad SMARTS) is 2. The molecule has 2 aliphatic rings. The Labute approximate surface area is 410 Å². The molecule has 0 aromatic heterocycles. The van der Waals surface area contributed by atoms with E-state index in [4.69, 9.17) is 19.7 Å². The van der Waals surface area contributed by atoms with Crippen LogP contribution in [-0.4, -0.2) is 58.2 Å². The number of hydrogen-bond donors (Lipinski definition) is 2. The number of carboxylic acids is 2. The molecule has 4 aromatic carbocycles. The van der Waals surface area contributed by atoms with Crippen LogP contribution in [0.1, 0.15) is 83.2 Å². The van der Waals surface area contributed by atoms with E-state index < -0.39 is 11.9 Å². The number of benzene rings is 4. The Kier molecular flexibility index (Phi) is 26.0. The SMILES string of the molecule is Cc1ccc[c-]c1C(=O)O.Cc1ccc[c-]c1C(=O)O.Cc1ccc[c-]c1C1=NC(C)(C)CO1.Cc1ccc[c-]c1C1=NC(C)(C)CO1.[H+].[Y].[Y].[Y].[Y]. The van der Waals surface area contributed by atoms with Crippen LogP contribution in [0, 0.1) is 52.0 Å². The molecule has 0 atom stereocenters. The van der Waals surface area contributed by atoms with Crippen molar-refractivity contribution in [3.05, 3.63) is 142 Å². The van der Waals surface area contributed by atoms with Crippen LogP contribution in [0.15, 0.2) is 82.8 Å². The standard InChI is InChI=1S/2C12H14NO.2C8H7O2.4Y/c2*1-9-6-4-5-7-10(9)11-13-12(2,3)8-14-11;2*1-6-4-2-3-5-7(6)8(9)10;;;;/h2*4-6H,8H2,1-3H3;2*2-4H,1H3,(H,9,10);;;;/q4*-1;;;;/p+1. The van der Waals surface area contributed by atoms with E-state index >= 15 is 0 Å². The maximum atomic E-state index is 10.4. The van der Waals surface area contributed by atoms with Gasteiger partial charge >= 0.3 is 1.43 Å². The summed E-state index contributed by atoms with van der Waals surface area (Å²) in [5.74, 6) is -0.377. The predicted molar refractivity (Wildman–Crippen MR) is 188 cm³/mol. The topological polar surface area (TPSA) is 118 Å². The van der Waals surface area contributed by atoms with Gasteiger partial charge in [0.1, 0.15) is 25.0 Å². The minimum atomic E-state index is -0.918. The van der Waals surface area contributed by atoms with Gasteiger partial charge in [0.2, 0.25) is 11.9 Å². The molecular weight excluding hydrogens is 960 g/mol. The summed E-state index contributed by atoms with van der Waals surface area (Å²) < 4.78 is 11.1. The summed E-state index contributed by atoms with van der Waals surface area (Å²) in [5, 5.41) is 17.1. The van der Waals surface area contributed by atoms with Crippen molar-refractivity contribution in [2.75, 3.05) is 13.2 Å². The molecule has 0 saturated carbocycles. The van der Waals surface area contributed by atoms with Gasteiger partial charge in [0.05, 0.1) is 11.1 Å². The van der Waals surface area contributed by atoms with Crippen molar-refractivity contribution in [3.63, 3.8) is 0 Å². The number of aromatic carboxylic acids is 2. The van der Waals surface area contributed by atoms with Crippen molar-refractivity contribution in [3.8, 4) is 0 Å². The van der Waals surface area contributed by atoms with E-state index in [9.17, 15) is 9.59 Å². The average molecular weight is 1000 g/mol. The second-order valence-electron chi connectivity index (χ2n) is 12.6. The number of carbonyl (C=O) groups is 2. The van der Waals surface area contributed by atoms with Gasteiger partial charge in [0, 0.05) is 131 Å². The minimum absolute atomic E-state index is 0. The number of rotatable bonds is 4. The molecule has 2 aliphatic heterocycles. The van der Waals surface area contributed by atoms with E-state index in [1.807, 2.05) is 50.2 Å². The van der Waals surface area contributed by atoms with E-state index in [2.05, 4.69) is 61.9 Å². The van der Waals surface area contributed by atoms with Gasteiger partial charge in [0.15, 0.2) is 0 Å². The van der Waals surface area contributed by atoms with Crippen molar-refractivity contribution >= 4 is 23.7 Å². The molecule has 2 heterocycles. The largest absolute Gasteiger partial charge is 1.00 e. The Bertz CT molecular complexity index is 1680. The van der Waals surface area contributed by atoms with Gasteiger partial charge in [0.25, 0.3) is 0 Å². The molecule has 0 fully saturated rings. The number of ether oxygens (including phenoxy) is 2. The molecular formula is C40H43N2O6Y4-3. The minimum Gasteiger partial charge on any atom is -0.521 e. The number of aliphatic imine (C=N–C) groups is 2. The molecule has 0 unspecified atom stereocenters. The molecule has 0 bridgehead atoms. The van der Waals surface area contributed by atoms with Gasteiger partial charge in [-0.3, -0.25) is 9.98 Å². The fourth-order valence-electron chi connectivity index (χ4n) is 4.43. The first-order chi connectivity index (χ1) is 22.6. The normalized spacial score (nSPS) is 13.8. The predicted octanol–water partition coefficient (Wildman–Crippen LogP) is 7.79. The monoisotopic (exact) mass is 1000 g/mol. The Morgan fingerprint density at radius 2 is 0.865 bits per heavy atom. The Hall–Kier alpha value is -0.824.